The molecule has 1 aliphatic heterocycles. The fourth-order valence-corrected chi connectivity index (χ4v) is 4.48. The van der Waals surface area contributed by atoms with Crippen molar-refractivity contribution < 1.29 is 4.79 Å². The normalized spacial score (nSPS) is 14.2. The third kappa shape index (κ3) is 4.09. The number of hydrogen-bond acceptors (Lipinski definition) is 7. The van der Waals surface area contributed by atoms with Crippen molar-refractivity contribution in [3.8, 4) is 5.69 Å². The van der Waals surface area contributed by atoms with Gasteiger partial charge in [-0.15, -0.1) is 5.10 Å². The number of thioether (sulfide) groups is 1. The Morgan fingerprint density at radius 1 is 0.871 bits per heavy atom. The highest BCUT2D eigenvalue weighted by Crippen LogP contribution is 2.24. The van der Waals surface area contributed by atoms with Gasteiger partial charge >= 0.3 is 0 Å². The first-order valence-corrected chi connectivity index (χ1v) is 11.1. The number of benzene rings is 2. The Balaban J connectivity index is 1.23. The molecule has 156 valence electrons. The smallest absolute Gasteiger partial charge is 0.233 e. The first-order chi connectivity index (χ1) is 15.3. The Labute approximate surface area is 183 Å². The number of hydrogen-bond donors (Lipinski definition) is 0. The molecule has 0 N–H and O–H groups in total. The number of aromatic nitrogens is 5. The van der Waals surface area contributed by atoms with Crippen LogP contribution in [0.15, 0.2) is 72.0 Å². The van der Waals surface area contributed by atoms with Crippen LogP contribution in [0, 0.1) is 0 Å². The van der Waals surface area contributed by atoms with Gasteiger partial charge in [0, 0.05) is 31.9 Å². The van der Waals surface area contributed by atoms with Gasteiger partial charge in [0.1, 0.15) is 11.4 Å². The number of carbonyl (C=O) groups is 1. The van der Waals surface area contributed by atoms with E-state index < -0.39 is 0 Å². The summed E-state index contributed by atoms with van der Waals surface area (Å²) >= 11 is 1.39. The molecule has 1 aliphatic rings. The summed E-state index contributed by atoms with van der Waals surface area (Å²) in [6.07, 6.45) is 1.50. The lowest BCUT2D eigenvalue weighted by molar-refractivity contribution is -0.128. The van der Waals surface area contributed by atoms with Gasteiger partial charge in [0.2, 0.25) is 5.91 Å². The van der Waals surface area contributed by atoms with E-state index in [9.17, 15) is 4.79 Å². The molecule has 0 unspecified atom stereocenters. The maximum atomic E-state index is 12.8. The van der Waals surface area contributed by atoms with E-state index in [2.05, 4.69) is 37.3 Å². The summed E-state index contributed by atoms with van der Waals surface area (Å²) in [5.41, 5.74) is 3.33. The Morgan fingerprint density at radius 3 is 2.26 bits per heavy atom. The molecule has 9 heteroatoms. The molecule has 0 atom stereocenters. The molecule has 31 heavy (non-hydrogen) atoms. The Bertz CT molecular complexity index is 1170. The van der Waals surface area contributed by atoms with Crippen molar-refractivity contribution in [2.45, 2.75) is 5.03 Å². The maximum absolute atomic E-state index is 12.8. The second-order valence-corrected chi connectivity index (χ2v) is 8.14. The maximum Gasteiger partial charge on any atom is 0.233 e. The number of carbonyl (C=O) groups excluding carboxylic acids is 1. The fourth-order valence-electron chi connectivity index (χ4n) is 3.65. The number of rotatable bonds is 5. The van der Waals surface area contributed by atoms with Crippen molar-refractivity contribution in [3.05, 3.63) is 67.0 Å². The second-order valence-electron chi connectivity index (χ2n) is 7.18. The number of para-hydroxylation sites is 2. The number of amides is 1. The Kier molecular flexibility index (Phi) is 5.49. The van der Waals surface area contributed by atoms with Gasteiger partial charge in [0.15, 0.2) is 11.2 Å². The molecule has 2 aromatic carbocycles. The molecule has 4 aromatic rings. The van der Waals surface area contributed by atoms with E-state index in [0.717, 1.165) is 31.9 Å². The molecular weight excluding hydrogens is 410 g/mol. The quantitative estimate of drug-likeness (QED) is 0.355. The average Bonchev–Trinajstić information content (AvgIpc) is 3.29. The van der Waals surface area contributed by atoms with Crippen molar-refractivity contribution in [2.75, 3.05) is 36.8 Å². The summed E-state index contributed by atoms with van der Waals surface area (Å²) in [5, 5.41) is 9.16. The van der Waals surface area contributed by atoms with Gasteiger partial charge < -0.3 is 9.80 Å². The summed E-state index contributed by atoms with van der Waals surface area (Å²) in [5.74, 6) is 0.426. The molecule has 2 aromatic heterocycles. The number of anilines is 1. The molecular formula is C22H21N7OS. The van der Waals surface area contributed by atoms with Gasteiger partial charge in [-0.3, -0.25) is 4.79 Å². The van der Waals surface area contributed by atoms with Crippen LogP contribution in [-0.4, -0.2) is 67.7 Å². The highest BCUT2D eigenvalue weighted by atomic mass is 32.2. The van der Waals surface area contributed by atoms with Crippen LogP contribution in [0.3, 0.4) is 0 Å². The van der Waals surface area contributed by atoms with E-state index in [-0.39, 0.29) is 5.91 Å². The molecule has 0 spiro atoms. The first-order valence-electron chi connectivity index (χ1n) is 10.1. The fraction of sp³-hybridized carbons (Fsp3) is 0.227. The predicted molar refractivity (Wildman–Crippen MR) is 120 cm³/mol. The molecule has 5 rings (SSSR count). The van der Waals surface area contributed by atoms with Crippen LogP contribution in [0.2, 0.25) is 0 Å². The minimum Gasteiger partial charge on any atom is -0.368 e. The Morgan fingerprint density at radius 2 is 1.55 bits per heavy atom. The van der Waals surface area contributed by atoms with Gasteiger partial charge in [-0.25, -0.2) is 9.97 Å². The average molecular weight is 432 g/mol. The largest absolute Gasteiger partial charge is 0.368 e. The lowest BCUT2D eigenvalue weighted by Gasteiger charge is -2.36. The van der Waals surface area contributed by atoms with E-state index in [1.807, 2.05) is 53.4 Å². The van der Waals surface area contributed by atoms with Crippen molar-refractivity contribution in [1.82, 2.24) is 29.9 Å². The molecule has 1 fully saturated rings. The SMILES string of the molecule is O=C(CSc1ncnc2c1nnn2-c1ccccc1)N1CCN(c2ccccc2)CC1. The van der Waals surface area contributed by atoms with Crippen LogP contribution in [-0.2, 0) is 4.79 Å². The number of piperazine rings is 1. The van der Waals surface area contributed by atoms with Crippen LogP contribution >= 0.6 is 11.8 Å². The minimum atomic E-state index is 0.111. The second kappa shape index (κ2) is 8.73. The van der Waals surface area contributed by atoms with Crippen molar-refractivity contribution in [3.63, 3.8) is 0 Å². The topological polar surface area (TPSA) is 80.0 Å². The van der Waals surface area contributed by atoms with Gasteiger partial charge in [-0.05, 0) is 24.3 Å². The first kappa shape index (κ1) is 19.5. The molecule has 0 saturated carbocycles. The van der Waals surface area contributed by atoms with Gasteiger partial charge in [-0.2, -0.15) is 4.68 Å². The zero-order valence-electron chi connectivity index (χ0n) is 16.8. The van der Waals surface area contributed by atoms with E-state index in [4.69, 9.17) is 0 Å². The molecule has 0 aliphatic carbocycles. The standard InChI is InChI=1S/C22H21N7OS/c30-19(28-13-11-27(12-14-28)17-7-3-1-4-8-17)15-31-22-20-21(23-16-24-22)29(26-25-20)18-9-5-2-6-10-18/h1-10,16H,11-15H2. The molecule has 0 bridgehead atoms. The molecule has 1 saturated heterocycles. The van der Waals surface area contributed by atoms with Crippen LogP contribution < -0.4 is 4.90 Å². The third-order valence-electron chi connectivity index (χ3n) is 5.29. The highest BCUT2D eigenvalue weighted by Gasteiger charge is 2.22. The number of fused-ring (bicyclic) bond motifs is 1. The van der Waals surface area contributed by atoms with Crippen molar-refractivity contribution in [2.24, 2.45) is 0 Å². The van der Waals surface area contributed by atoms with Crippen LogP contribution in [0.4, 0.5) is 5.69 Å². The minimum absolute atomic E-state index is 0.111. The van der Waals surface area contributed by atoms with E-state index in [1.54, 1.807) is 4.68 Å². The van der Waals surface area contributed by atoms with E-state index in [1.165, 1.54) is 23.8 Å². The number of nitrogens with zero attached hydrogens (tertiary/aromatic N) is 7. The van der Waals surface area contributed by atoms with Gasteiger partial charge in [0.25, 0.3) is 0 Å². The summed E-state index contributed by atoms with van der Waals surface area (Å²) < 4.78 is 1.69. The van der Waals surface area contributed by atoms with E-state index in [0.29, 0.717) is 21.9 Å². The van der Waals surface area contributed by atoms with Gasteiger partial charge in [-0.1, -0.05) is 53.4 Å². The van der Waals surface area contributed by atoms with Crippen LogP contribution in [0.5, 0.6) is 0 Å². The lowest BCUT2D eigenvalue weighted by atomic mass is 10.2. The third-order valence-corrected chi connectivity index (χ3v) is 6.25. The van der Waals surface area contributed by atoms with Crippen molar-refractivity contribution in [1.29, 1.82) is 0 Å². The zero-order chi connectivity index (χ0) is 21.0. The van der Waals surface area contributed by atoms with Crippen molar-refractivity contribution >= 4 is 34.5 Å². The Hall–Kier alpha value is -3.46. The summed E-state index contributed by atoms with van der Waals surface area (Å²) in [4.78, 5) is 25.7. The molecule has 3 heterocycles. The molecule has 1 amide bonds. The van der Waals surface area contributed by atoms with Crippen LogP contribution in [0.25, 0.3) is 16.9 Å². The molecule has 0 radical (unpaired) electrons. The zero-order valence-corrected chi connectivity index (χ0v) is 17.6. The van der Waals surface area contributed by atoms with Crippen LogP contribution in [0.1, 0.15) is 0 Å². The molecule has 8 nitrogen and oxygen atoms in total. The van der Waals surface area contributed by atoms with Gasteiger partial charge in [0.05, 0.1) is 11.4 Å². The summed E-state index contributed by atoms with van der Waals surface area (Å²) in [6.45, 7) is 3.11. The lowest BCUT2D eigenvalue weighted by Crippen LogP contribution is -2.49. The monoisotopic (exact) mass is 431 g/mol. The highest BCUT2D eigenvalue weighted by molar-refractivity contribution is 8.00. The summed E-state index contributed by atoms with van der Waals surface area (Å²) in [7, 11) is 0. The summed E-state index contributed by atoms with van der Waals surface area (Å²) in [6, 6.07) is 20.0. The predicted octanol–water partition coefficient (Wildman–Crippen LogP) is 2.65. The van der Waals surface area contributed by atoms with E-state index >= 15 is 0 Å².